The smallest absolute Gasteiger partial charge is 0.252 e. The lowest BCUT2D eigenvalue weighted by Gasteiger charge is -2.29. The monoisotopic (exact) mass is 486 g/mol. The van der Waals surface area contributed by atoms with Crippen molar-refractivity contribution >= 4 is 29.2 Å². The standard InChI is InChI=1S/C26H38N4O5/c1-15(2)13-19(27-24(33)17-7-9-18(10-8-17)28(5)6)25(34)29-12-11-20-22(29)21(31)14-30(20)26(35)23(32)16(3)4/h7-10,15-16,19-20,22-23,32H,11-14H2,1-6H3,(H,27,33). The maximum Gasteiger partial charge on any atom is 0.252 e. The first-order valence-electron chi connectivity index (χ1n) is 12.3. The Hall–Kier alpha value is -2.94. The molecular formula is C26H38N4O5. The summed E-state index contributed by atoms with van der Waals surface area (Å²) in [6.07, 6.45) is -0.289. The molecule has 2 aliphatic rings. The number of carbonyl (C=O) groups is 4. The molecule has 0 saturated carbocycles. The second-order valence-electron chi connectivity index (χ2n) is 10.6. The lowest BCUT2D eigenvalue weighted by molar-refractivity contribution is -0.144. The van der Waals surface area contributed by atoms with E-state index in [0.717, 1.165) is 5.69 Å². The summed E-state index contributed by atoms with van der Waals surface area (Å²) >= 11 is 0. The van der Waals surface area contributed by atoms with Crippen LogP contribution in [-0.2, 0) is 14.4 Å². The molecule has 2 heterocycles. The Kier molecular flexibility index (Phi) is 8.20. The molecule has 192 valence electrons. The summed E-state index contributed by atoms with van der Waals surface area (Å²) in [6.45, 7) is 7.65. The van der Waals surface area contributed by atoms with E-state index in [2.05, 4.69) is 5.32 Å². The van der Waals surface area contributed by atoms with Crippen LogP contribution in [0, 0.1) is 11.8 Å². The summed E-state index contributed by atoms with van der Waals surface area (Å²) in [5.74, 6) is -1.47. The van der Waals surface area contributed by atoms with Crippen LogP contribution in [0.2, 0.25) is 0 Å². The molecule has 2 N–H and O–H groups in total. The number of hydrogen-bond donors (Lipinski definition) is 2. The summed E-state index contributed by atoms with van der Waals surface area (Å²) in [4.78, 5) is 57.1. The molecule has 0 bridgehead atoms. The number of fused-ring (bicyclic) bond motifs is 1. The van der Waals surface area contributed by atoms with Gasteiger partial charge in [0, 0.05) is 31.9 Å². The number of nitrogens with one attached hydrogen (secondary N) is 1. The molecular weight excluding hydrogens is 448 g/mol. The summed E-state index contributed by atoms with van der Waals surface area (Å²) in [5.41, 5.74) is 1.41. The highest BCUT2D eigenvalue weighted by molar-refractivity contribution is 6.01. The van der Waals surface area contributed by atoms with Crippen molar-refractivity contribution in [3.05, 3.63) is 29.8 Å². The van der Waals surface area contributed by atoms with Crippen molar-refractivity contribution in [3.8, 4) is 0 Å². The first kappa shape index (κ1) is 26.7. The van der Waals surface area contributed by atoms with Crippen molar-refractivity contribution in [2.75, 3.05) is 32.1 Å². The Balaban J connectivity index is 1.76. The molecule has 0 aromatic heterocycles. The number of amides is 3. The minimum atomic E-state index is -1.18. The predicted molar refractivity (Wildman–Crippen MR) is 133 cm³/mol. The van der Waals surface area contributed by atoms with Crippen LogP contribution in [0.1, 0.15) is 50.9 Å². The van der Waals surface area contributed by atoms with Gasteiger partial charge in [0.1, 0.15) is 18.2 Å². The molecule has 4 unspecified atom stereocenters. The first-order valence-corrected chi connectivity index (χ1v) is 12.3. The molecule has 2 aliphatic heterocycles. The number of ketones is 1. The summed E-state index contributed by atoms with van der Waals surface area (Å²) in [7, 11) is 3.83. The van der Waals surface area contributed by atoms with Crippen LogP contribution in [0.3, 0.4) is 0 Å². The fourth-order valence-electron chi connectivity index (χ4n) is 4.86. The van der Waals surface area contributed by atoms with Gasteiger partial charge in [-0.05, 0) is 48.9 Å². The number of aliphatic hydroxyl groups excluding tert-OH is 1. The zero-order valence-corrected chi connectivity index (χ0v) is 21.5. The van der Waals surface area contributed by atoms with Crippen LogP contribution in [0.4, 0.5) is 5.69 Å². The normalized spacial score (nSPS) is 21.3. The van der Waals surface area contributed by atoms with Gasteiger partial charge in [0.2, 0.25) is 5.91 Å². The lowest BCUT2D eigenvalue weighted by Crippen LogP contribution is -2.53. The zero-order valence-electron chi connectivity index (χ0n) is 21.5. The van der Waals surface area contributed by atoms with Crippen molar-refractivity contribution < 1.29 is 24.3 Å². The summed E-state index contributed by atoms with van der Waals surface area (Å²) in [5, 5.41) is 13.1. The van der Waals surface area contributed by atoms with Gasteiger partial charge in [-0.2, -0.15) is 0 Å². The van der Waals surface area contributed by atoms with E-state index in [1.165, 1.54) is 9.80 Å². The topological polar surface area (TPSA) is 110 Å². The van der Waals surface area contributed by atoms with Gasteiger partial charge >= 0.3 is 0 Å². The lowest BCUT2D eigenvalue weighted by atomic mass is 10.0. The van der Waals surface area contributed by atoms with E-state index < -0.39 is 30.1 Å². The van der Waals surface area contributed by atoms with Gasteiger partial charge in [0.15, 0.2) is 5.78 Å². The van der Waals surface area contributed by atoms with Crippen molar-refractivity contribution in [2.45, 2.75) is 64.8 Å². The van der Waals surface area contributed by atoms with Crippen molar-refractivity contribution in [2.24, 2.45) is 11.8 Å². The van der Waals surface area contributed by atoms with Crippen molar-refractivity contribution in [3.63, 3.8) is 0 Å². The van der Waals surface area contributed by atoms with E-state index in [1.807, 2.05) is 45.0 Å². The van der Waals surface area contributed by atoms with E-state index in [9.17, 15) is 24.3 Å². The number of likely N-dealkylation sites (tertiary alicyclic amines) is 2. The third-order valence-corrected chi connectivity index (χ3v) is 6.83. The molecule has 1 aromatic carbocycles. The zero-order chi connectivity index (χ0) is 26.0. The summed E-state index contributed by atoms with van der Waals surface area (Å²) in [6, 6.07) is 5.16. The molecule has 0 spiro atoms. The van der Waals surface area contributed by atoms with Crippen LogP contribution in [0.15, 0.2) is 24.3 Å². The van der Waals surface area contributed by atoms with Gasteiger partial charge in [-0.15, -0.1) is 0 Å². The maximum absolute atomic E-state index is 13.6. The van der Waals surface area contributed by atoms with E-state index in [4.69, 9.17) is 0 Å². The van der Waals surface area contributed by atoms with Crippen molar-refractivity contribution in [1.82, 2.24) is 15.1 Å². The Morgan fingerprint density at radius 3 is 2.23 bits per heavy atom. The van der Waals surface area contributed by atoms with Crippen LogP contribution >= 0.6 is 0 Å². The highest BCUT2D eigenvalue weighted by atomic mass is 16.3. The average Bonchev–Trinajstić information content (AvgIpc) is 3.38. The fourth-order valence-corrected chi connectivity index (χ4v) is 4.86. The predicted octanol–water partition coefficient (Wildman–Crippen LogP) is 1.29. The van der Waals surface area contributed by atoms with Gasteiger partial charge in [0.05, 0.1) is 12.6 Å². The molecule has 3 amide bonds. The number of benzene rings is 1. The van der Waals surface area contributed by atoms with Crippen LogP contribution in [0.25, 0.3) is 0 Å². The number of nitrogens with zero attached hydrogens (tertiary/aromatic N) is 3. The molecule has 4 atom stereocenters. The van der Waals surface area contributed by atoms with E-state index >= 15 is 0 Å². The molecule has 0 radical (unpaired) electrons. The summed E-state index contributed by atoms with van der Waals surface area (Å²) < 4.78 is 0. The third kappa shape index (κ3) is 5.66. The quantitative estimate of drug-likeness (QED) is 0.573. The van der Waals surface area contributed by atoms with Gasteiger partial charge in [-0.25, -0.2) is 0 Å². The number of hydrogen-bond acceptors (Lipinski definition) is 6. The average molecular weight is 487 g/mol. The van der Waals surface area contributed by atoms with Crippen LogP contribution < -0.4 is 10.2 Å². The molecule has 1 aromatic rings. The van der Waals surface area contributed by atoms with Crippen LogP contribution in [-0.4, -0.2) is 89.8 Å². The molecule has 2 saturated heterocycles. The van der Waals surface area contributed by atoms with Crippen LogP contribution in [0.5, 0.6) is 0 Å². The minimum absolute atomic E-state index is 0.110. The Bertz CT molecular complexity index is 959. The highest BCUT2D eigenvalue weighted by Gasteiger charge is 2.53. The molecule has 0 aliphatic carbocycles. The Labute approximate surface area is 207 Å². The Morgan fingerprint density at radius 1 is 1.06 bits per heavy atom. The Morgan fingerprint density at radius 2 is 1.69 bits per heavy atom. The molecule has 3 rings (SSSR count). The molecule has 35 heavy (non-hydrogen) atoms. The molecule has 9 heteroatoms. The van der Waals surface area contributed by atoms with Gasteiger partial charge < -0.3 is 25.1 Å². The van der Waals surface area contributed by atoms with Crippen molar-refractivity contribution in [1.29, 1.82) is 0 Å². The maximum atomic E-state index is 13.6. The van der Waals surface area contributed by atoms with E-state index in [1.54, 1.807) is 26.0 Å². The third-order valence-electron chi connectivity index (χ3n) is 6.83. The first-order chi connectivity index (χ1) is 16.4. The number of carbonyl (C=O) groups excluding carboxylic acids is 4. The molecule has 9 nitrogen and oxygen atoms in total. The largest absolute Gasteiger partial charge is 0.383 e. The van der Waals surface area contributed by atoms with E-state index in [0.29, 0.717) is 24.9 Å². The molecule has 2 fully saturated rings. The minimum Gasteiger partial charge on any atom is -0.383 e. The van der Waals surface area contributed by atoms with Gasteiger partial charge in [-0.3, -0.25) is 19.2 Å². The number of anilines is 1. The van der Waals surface area contributed by atoms with Gasteiger partial charge in [-0.1, -0.05) is 27.7 Å². The number of rotatable bonds is 8. The van der Waals surface area contributed by atoms with Gasteiger partial charge in [0.25, 0.3) is 11.8 Å². The second kappa shape index (κ2) is 10.8. The fraction of sp³-hybridized carbons (Fsp3) is 0.615. The van der Waals surface area contributed by atoms with E-state index in [-0.39, 0.29) is 36.0 Å². The highest BCUT2D eigenvalue weighted by Crippen LogP contribution is 2.31. The number of aliphatic hydroxyl groups is 1. The number of Topliss-reactive ketones (excluding diaryl/α,β-unsaturated/α-hetero) is 1. The SMILES string of the molecule is CC(C)CC(NC(=O)c1ccc(N(C)C)cc1)C(=O)N1CCC2C1C(=O)CN2C(=O)C(O)C(C)C. The second-order valence-corrected chi connectivity index (χ2v) is 10.6.